The summed E-state index contributed by atoms with van der Waals surface area (Å²) in [6.45, 7) is 9.84. The molecule has 3 aromatic rings. The SMILES string of the molecule is CCC1CN(C(=O)CNC(=O)OC(C)(C)C)CCC1N=S(=O)=O.Cc1ccccc1C(=O)Nc1cccc2ccccc12. The van der Waals surface area contributed by atoms with E-state index in [0.717, 1.165) is 28.4 Å². The second-order valence-electron chi connectivity index (χ2n) is 11.3. The van der Waals surface area contributed by atoms with Gasteiger partial charge in [-0.25, -0.2) is 4.79 Å². The molecule has 2 N–H and O–H groups in total. The van der Waals surface area contributed by atoms with E-state index < -0.39 is 22.2 Å². The Morgan fingerprint density at radius 3 is 2.35 bits per heavy atom. The van der Waals surface area contributed by atoms with Crippen molar-refractivity contribution in [1.29, 1.82) is 0 Å². The second kappa shape index (κ2) is 15.3. The topological polar surface area (TPSA) is 134 Å². The lowest BCUT2D eigenvalue weighted by molar-refractivity contribution is -0.132. The molecule has 1 fully saturated rings. The Morgan fingerprint density at radius 2 is 1.67 bits per heavy atom. The number of piperidine rings is 1. The molecule has 3 amide bonds. The molecular formula is C32H40N4O6S. The number of nitrogens with one attached hydrogen (secondary N) is 2. The zero-order chi connectivity index (χ0) is 31.6. The first-order chi connectivity index (χ1) is 20.4. The Labute approximate surface area is 254 Å². The highest BCUT2D eigenvalue weighted by molar-refractivity contribution is 7.61. The number of nitrogens with zero attached hydrogens (tertiary/aromatic N) is 2. The van der Waals surface area contributed by atoms with Gasteiger partial charge in [-0.05, 0) is 69.5 Å². The van der Waals surface area contributed by atoms with Crippen molar-refractivity contribution in [2.75, 3.05) is 25.0 Å². The van der Waals surface area contributed by atoms with Gasteiger partial charge in [-0.3, -0.25) is 9.59 Å². The van der Waals surface area contributed by atoms with Crippen molar-refractivity contribution in [3.8, 4) is 0 Å². The average Bonchev–Trinajstić information content (AvgIpc) is 2.95. The van der Waals surface area contributed by atoms with Gasteiger partial charge in [0, 0.05) is 29.7 Å². The molecule has 10 nitrogen and oxygen atoms in total. The molecule has 11 heteroatoms. The summed E-state index contributed by atoms with van der Waals surface area (Å²) in [7, 11) is -2.43. The first-order valence-corrected chi connectivity index (χ1v) is 15.3. The van der Waals surface area contributed by atoms with Gasteiger partial charge >= 0.3 is 16.6 Å². The molecule has 0 aliphatic carbocycles. The number of carbonyl (C=O) groups is 3. The number of fused-ring (bicyclic) bond motifs is 1. The third-order valence-electron chi connectivity index (χ3n) is 7.00. The lowest BCUT2D eigenvalue weighted by atomic mass is 9.90. The molecule has 2 atom stereocenters. The number of ether oxygens (including phenoxy) is 1. The zero-order valence-electron chi connectivity index (χ0n) is 25.3. The summed E-state index contributed by atoms with van der Waals surface area (Å²) < 4.78 is 30.2. The number of anilines is 1. The monoisotopic (exact) mass is 608 g/mol. The van der Waals surface area contributed by atoms with Crippen LogP contribution in [0, 0.1) is 12.8 Å². The third kappa shape index (κ3) is 10.2. The van der Waals surface area contributed by atoms with Crippen LogP contribution in [0.25, 0.3) is 10.8 Å². The smallest absolute Gasteiger partial charge is 0.408 e. The normalized spacial score (nSPS) is 16.3. The molecule has 2 unspecified atom stereocenters. The van der Waals surface area contributed by atoms with E-state index in [-0.39, 0.29) is 30.3 Å². The minimum Gasteiger partial charge on any atom is -0.444 e. The van der Waals surface area contributed by atoms with Gasteiger partial charge in [0.15, 0.2) is 0 Å². The molecule has 0 radical (unpaired) electrons. The van der Waals surface area contributed by atoms with Gasteiger partial charge in [0.05, 0.1) is 6.04 Å². The highest BCUT2D eigenvalue weighted by Crippen LogP contribution is 2.24. The molecule has 0 bridgehead atoms. The molecule has 1 aliphatic heterocycles. The van der Waals surface area contributed by atoms with E-state index in [1.807, 2.05) is 80.6 Å². The summed E-state index contributed by atoms with van der Waals surface area (Å²) in [5.74, 6) is -0.275. The molecule has 4 rings (SSSR count). The van der Waals surface area contributed by atoms with Crippen LogP contribution in [0.5, 0.6) is 0 Å². The van der Waals surface area contributed by atoms with Gasteiger partial charge < -0.3 is 20.3 Å². The number of alkyl carbamates (subject to hydrolysis) is 1. The van der Waals surface area contributed by atoms with E-state index in [9.17, 15) is 22.8 Å². The molecule has 0 aromatic heterocycles. The van der Waals surface area contributed by atoms with Gasteiger partial charge in [-0.15, -0.1) is 0 Å². The van der Waals surface area contributed by atoms with Crippen LogP contribution in [0.4, 0.5) is 10.5 Å². The van der Waals surface area contributed by atoms with Crippen molar-refractivity contribution in [3.63, 3.8) is 0 Å². The van der Waals surface area contributed by atoms with Crippen LogP contribution >= 0.6 is 0 Å². The fourth-order valence-corrected chi connectivity index (χ4v) is 5.32. The van der Waals surface area contributed by atoms with E-state index in [0.29, 0.717) is 25.1 Å². The van der Waals surface area contributed by atoms with E-state index in [1.165, 1.54) is 0 Å². The Hall–Kier alpha value is -4.25. The number of hydrogen-bond donors (Lipinski definition) is 2. The fourth-order valence-electron chi connectivity index (χ4n) is 4.82. The summed E-state index contributed by atoms with van der Waals surface area (Å²) in [5, 5.41) is 7.61. The first kappa shape index (κ1) is 33.3. The van der Waals surface area contributed by atoms with Crippen LogP contribution in [-0.4, -0.2) is 62.5 Å². The summed E-state index contributed by atoms with van der Waals surface area (Å²) in [6, 6.07) is 21.3. The quantitative estimate of drug-likeness (QED) is 0.374. The third-order valence-corrected chi connectivity index (χ3v) is 7.45. The largest absolute Gasteiger partial charge is 0.444 e. The van der Waals surface area contributed by atoms with E-state index in [1.54, 1.807) is 25.7 Å². The molecule has 230 valence electrons. The minimum absolute atomic E-state index is 0.00660. The number of benzene rings is 3. The van der Waals surface area contributed by atoms with Crippen LogP contribution < -0.4 is 10.6 Å². The van der Waals surface area contributed by atoms with Crippen LogP contribution in [0.15, 0.2) is 71.1 Å². The molecule has 1 aliphatic rings. The second-order valence-corrected chi connectivity index (χ2v) is 12.0. The zero-order valence-corrected chi connectivity index (χ0v) is 26.1. The first-order valence-electron chi connectivity index (χ1n) is 14.3. The Morgan fingerprint density at radius 1 is 1.00 bits per heavy atom. The van der Waals surface area contributed by atoms with E-state index in [4.69, 9.17) is 4.74 Å². The Kier molecular flexibility index (Phi) is 11.8. The van der Waals surface area contributed by atoms with Crippen molar-refractivity contribution in [3.05, 3.63) is 77.9 Å². The maximum atomic E-state index is 12.4. The summed E-state index contributed by atoms with van der Waals surface area (Å²) >= 11 is 0. The molecule has 43 heavy (non-hydrogen) atoms. The summed E-state index contributed by atoms with van der Waals surface area (Å²) in [4.78, 5) is 37.7. The van der Waals surface area contributed by atoms with Gasteiger partial charge in [0.2, 0.25) is 5.91 Å². The van der Waals surface area contributed by atoms with Crippen molar-refractivity contribution in [2.24, 2.45) is 10.3 Å². The molecule has 3 aromatic carbocycles. The molecule has 1 saturated heterocycles. The van der Waals surface area contributed by atoms with Crippen molar-refractivity contribution in [2.45, 2.75) is 59.1 Å². The number of aryl methyl sites for hydroxylation is 1. The number of rotatable bonds is 6. The molecule has 1 heterocycles. The van der Waals surface area contributed by atoms with Crippen LogP contribution in [0.2, 0.25) is 0 Å². The summed E-state index contributed by atoms with van der Waals surface area (Å²) in [5.41, 5.74) is 1.91. The molecule has 0 spiro atoms. The van der Waals surface area contributed by atoms with E-state index in [2.05, 4.69) is 15.0 Å². The van der Waals surface area contributed by atoms with Crippen LogP contribution in [0.1, 0.15) is 56.5 Å². The van der Waals surface area contributed by atoms with Gasteiger partial charge in [0.25, 0.3) is 5.91 Å². The van der Waals surface area contributed by atoms with E-state index >= 15 is 0 Å². The predicted octanol–water partition coefficient (Wildman–Crippen LogP) is 5.60. The summed E-state index contributed by atoms with van der Waals surface area (Å²) in [6.07, 6.45) is 0.601. The Bertz CT molecular complexity index is 1570. The average molecular weight is 609 g/mol. The van der Waals surface area contributed by atoms with Crippen molar-refractivity contribution in [1.82, 2.24) is 10.2 Å². The number of carbonyl (C=O) groups excluding carboxylic acids is 3. The fraction of sp³-hybridized carbons (Fsp3) is 0.406. The number of likely N-dealkylation sites (tertiary alicyclic amines) is 1. The highest BCUT2D eigenvalue weighted by atomic mass is 32.2. The van der Waals surface area contributed by atoms with Crippen LogP contribution in [0.3, 0.4) is 0 Å². The molecule has 0 saturated carbocycles. The predicted molar refractivity (Wildman–Crippen MR) is 167 cm³/mol. The number of hydrogen-bond acceptors (Lipinski definition) is 7. The maximum absolute atomic E-state index is 12.4. The molecular weight excluding hydrogens is 568 g/mol. The lowest BCUT2D eigenvalue weighted by Crippen LogP contribution is -2.49. The lowest BCUT2D eigenvalue weighted by Gasteiger charge is -2.35. The highest BCUT2D eigenvalue weighted by Gasteiger charge is 2.31. The number of amides is 3. The van der Waals surface area contributed by atoms with Gasteiger partial charge in [-0.1, -0.05) is 61.5 Å². The Balaban J connectivity index is 0.000000237. The minimum atomic E-state index is -2.43. The van der Waals surface area contributed by atoms with Gasteiger partial charge in [-0.2, -0.15) is 12.8 Å². The van der Waals surface area contributed by atoms with Gasteiger partial charge in [0.1, 0.15) is 12.1 Å². The van der Waals surface area contributed by atoms with Crippen molar-refractivity contribution < 1.29 is 27.5 Å². The standard InChI is InChI=1S/C18H15NO.C14H25N3O5S/c1-13-7-2-4-10-15(13)18(20)19-17-12-6-9-14-8-3-5-11-16(14)17;1-5-10-9-17(7-6-11(10)16-23(20)21)12(18)8-15-13(19)22-14(2,3)4/h2-12H,1H3,(H,19,20);10-11H,5-9H2,1-4H3,(H,15,19). The van der Waals surface area contributed by atoms with Crippen LogP contribution in [-0.2, 0) is 20.0 Å². The van der Waals surface area contributed by atoms with Crippen molar-refractivity contribution >= 4 is 44.9 Å². The maximum Gasteiger partial charge on any atom is 0.408 e.